The van der Waals surface area contributed by atoms with E-state index < -0.39 is 0 Å². The second-order valence-electron chi connectivity index (χ2n) is 5.37. The zero-order valence-electron chi connectivity index (χ0n) is 12.0. The molecule has 2 saturated heterocycles. The summed E-state index contributed by atoms with van der Waals surface area (Å²) < 4.78 is 0. The van der Waals surface area contributed by atoms with Crippen LogP contribution in [0.3, 0.4) is 0 Å². The fourth-order valence-electron chi connectivity index (χ4n) is 2.69. The van der Waals surface area contributed by atoms with E-state index in [1.54, 1.807) is 11.8 Å². The third kappa shape index (κ3) is 4.21. The molecule has 0 saturated carbocycles. The van der Waals surface area contributed by atoms with Crippen molar-refractivity contribution in [2.45, 2.75) is 50.8 Å². The third-order valence-corrected chi connectivity index (χ3v) is 5.18. The maximum Gasteiger partial charge on any atom is 0.157 e. The molecule has 0 radical (unpaired) electrons. The SMILES string of the molecule is CCN=C1NC(C)C(C(=O)CCN2CCCCC2)S1. The standard InChI is InChI=1S/C14H25N3OS/c1-3-15-14-16-11(2)13(19-14)12(18)7-10-17-8-5-4-6-9-17/h11,13H,3-10H2,1-2H3,(H,15,16). The number of rotatable bonds is 5. The highest BCUT2D eigenvalue weighted by Crippen LogP contribution is 2.25. The molecule has 108 valence electrons. The van der Waals surface area contributed by atoms with Crippen LogP contribution in [0.5, 0.6) is 0 Å². The van der Waals surface area contributed by atoms with Gasteiger partial charge >= 0.3 is 0 Å². The van der Waals surface area contributed by atoms with Gasteiger partial charge in [-0.1, -0.05) is 18.2 Å². The molecule has 2 aliphatic heterocycles. The van der Waals surface area contributed by atoms with Crippen LogP contribution >= 0.6 is 11.8 Å². The Balaban J connectivity index is 1.78. The molecular weight excluding hydrogens is 258 g/mol. The molecule has 0 spiro atoms. The lowest BCUT2D eigenvalue weighted by Gasteiger charge is -2.26. The fourth-order valence-corrected chi connectivity index (χ4v) is 3.91. The minimum absolute atomic E-state index is 0.0510. The van der Waals surface area contributed by atoms with Gasteiger partial charge in [0.15, 0.2) is 5.17 Å². The number of amidine groups is 1. The van der Waals surface area contributed by atoms with Crippen molar-refractivity contribution in [3.8, 4) is 0 Å². The molecule has 0 aromatic rings. The number of hydrogen-bond acceptors (Lipinski definition) is 4. The van der Waals surface area contributed by atoms with Crippen LogP contribution in [0, 0.1) is 0 Å². The second kappa shape index (κ2) is 7.29. The molecule has 2 fully saturated rings. The summed E-state index contributed by atoms with van der Waals surface area (Å²) in [5, 5.41) is 4.29. The van der Waals surface area contributed by atoms with Crippen molar-refractivity contribution in [1.82, 2.24) is 10.2 Å². The van der Waals surface area contributed by atoms with E-state index in [2.05, 4.69) is 22.1 Å². The molecule has 0 bridgehead atoms. The number of nitrogens with one attached hydrogen (secondary N) is 1. The number of ketones is 1. The summed E-state index contributed by atoms with van der Waals surface area (Å²) in [5.74, 6) is 0.372. The number of hydrogen-bond donors (Lipinski definition) is 1. The van der Waals surface area contributed by atoms with Crippen LogP contribution in [0.15, 0.2) is 4.99 Å². The van der Waals surface area contributed by atoms with Gasteiger partial charge in [0.25, 0.3) is 0 Å². The maximum atomic E-state index is 12.3. The molecule has 0 amide bonds. The average Bonchev–Trinajstić information content (AvgIpc) is 2.79. The number of piperidine rings is 1. The number of carbonyl (C=O) groups excluding carboxylic acids is 1. The quantitative estimate of drug-likeness (QED) is 0.837. The lowest BCUT2D eigenvalue weighted by molar-refractivity contribution is -0.119. The first-order valence-electron chi connectivity index (χ1n) is 7.43. The molecule has 2 aliphatic rings. The number of thioether (sulfide) groups is 1. The monoisotopic (exact) mass is 283 g/mol. The summed E-state index contributed by atoms with van der Waals surface area (Å²) in [4.78, 5) is 19.1. The van der Waals surface area contributed by atoms with Crippen molar-refractivity contribution in [2.75, 3.05) is 26.2 Å². The van der Waals surface area contributed by atoms with Gasteiger partial charge in [-0.3, -0.25) is 9.79 Å². The molecule has 19 heavy (non-hydrogen) atoms. The van der Waals surface area contributed by atoms with Gasteiger partial charge in [-0.2, -0.15) is 0 Å². The van der Waals surface area contributed by atoms with Crippen LogP contribution < -0.4 is 5.32 Å². The van der Waals surface area contributed by atoms with Crippen molar-refractivity contribution in [2.24, 2.45) is 4.99 Å². The predicted molar refractivity (Wildman–Crippen MR) is 81.9 cm³/mol. The molecule has 2 heterocycles. The molecule has 2 atom stereocenters. The van der Waals surface area contributed by atoms with E-state index in [4.69, 9.17) is 0 Å². The predicted octanol–water partition coefficient (Wildman–Crippen LogP) is 1.90. The minimum Gasteiger partial charge on any atom is -0.361 e. The van der Waals surface area contributed by atoms with E-state index in [1.165, 1.54) is 32.4 Å². The van der Waals surface area contributed by atoms with Crippen molar-refractivity contribution in [3.63, 3.8) is 0 Å². The van der Waals surface area contributed by atoms with Gasteiger partial charge in [0.2, 0.25) is 0 Å². The zero-order chi connectivity index (χ0) is 13.7. The smallest absolute Gasteiger partial charge is 0.157 e. The van der Waals surface area contributed by atoms with Gasteiger partial charge in [0, 0.05) is 25.6 Å². The van der Waals surface area contributed by atoms with Crippen molar-refractivity contribution in [3.05, 3.63) is 0 Å². The maximum absolute atomic E-state index is 12.3. The van der Waals surface area contributed by atoms with Gasteiger partial charge in [0.05, 0.1) is 5.25 Å². The molecule has 0 aliphatic carbocycles. The Morgan fingerprint density at radius 3 is 2.84 bits per heavy atom. The number of likely N-dealkylation sites (tertiary alicyclic amines) is 1. The Hall–Kier alpha value is -0.550. The fraction of sp³-hybridized carbons (Fsp3) is 0.857. The van der Waals surface area contributed by atoms with Crippen molar-refractivity contribution >= 4 is 22.7 Å². The summed E-state index contributed by atoms with van der Waals surface area (Å²) in [5.41, 5.74) is 0. The lowest BCUT2D eigenvalue weighted by atomic mass is 10.1. The van der Waals surface area contributed by atoms with Crippen LogP contribution in [0.2, 0.25) is 0 Å². The molecule has 2 unspecified atom stereocenters. The average molecular weight is 283 g/mol. The number of Topliss-reactive ketones (excluding diaryl/α,β-unsaturated/α-hetero) is 1. The summed E-state index contributed by atoms with van der Waals surface area (Å²) in [6.45, 7) is 8.14. The highest BCUT2D eigenvalue weighted by molar-refractivity contribution is 8.15. The van der Waals surface area contributed by atoms with Crippen LogP contribution in [-0.4, -0.2) is 53.3 Å². The Kier molecular flexibility index (Phi) is 5.70. The van der Waals surface area contributed by atoms with Gasteiger partial charge in [-0.05, 0) is 39.8 Å². The van der Waals surface area contributed by atoms with E-state index in [0.29, 0.717) is 12.2 Å². The van der Waals surface area contributed by atoms with Crippen LogP contribution in [-0.2, 0) is 4.79 Å². The lowest BCUT2D eigenvalue weighted by Crippen LogP contribution is -2.36. The number of nitrogens with zero attached hydrogens (tertiary/aromatic N) is 2. The molecule has 0 aromatic carbocycles. The first-order valence-corrected chi connectivity index (χ1v) is 8.31. The van der Waals surface area contributed by atoms with Gasteiger partial charge < -0.3 is 10.2 Å². The number of aliphatic imine (C=N–C) groups is 1. The summed E-state index contributed by atoms with van der Waals surface area (Å²) >= 11 is 1.61. The van der Waals surface area contributed by atoms with Crippen LogP contribution in [0.1, 0.15) is 39.5 Å². The van der Waals surface area contributed by atoms with E-state index in [1.807, 2.05) is 6.92 Å². The zero-order valence-corrected chi connectivity index (χ0v) is 12.8. The molecular formula is C14H25N3OS. The molecule has 1 N–H and O–H groups in total. The third-order valence-electron chi connectivity index (χ3n) is 3.79. The van der Waals surface area contributed by atoms with E-state index in [-0.39, 0.29) is 11.3 Å². The van der Waals surface area contributed by atoms with E-state index in [9.17, 15) is 4.79 Å². The number of carbonyl (C=O) groups is 1. The Morgan fingerprint density at radius 2 is 2.16 bits per heavy atom. The largest absolute Gasteiger partial charge is 0.361 e. The van der Waals surface area contributed by atoms with Gasteiger partial charge in [0.1, 0.15) is 5.78 Å². The molecule has 2 rings (SSSR count). The molecule has 0 aromatic heterocycles. The summed E-state index contributed by atoms with van der Waals surface area (Å²) in [7, 11) is 0. The van der Waals surface area contributed by atoms with E-state index in [0.717, 1.165) is 18.3 Å². The second-order valence-corrected chi connectivity index (χ2v) is 6.50. The normalized spacial score (nSPS) is 30.5. The van der Waals surface area contributed by atoms with Crippen LogP contribution in [0.4, 0.5) is 0 Å². The first-order chi connectivity index (χ1) is 9.20. The summed E-state index contributed by atoms with van der Waals surface area (Å²) in [6, 6.07) is 0.212. The van der Waals surface area contributed by atoms with Crippen molar-refractivity contribution < 1.29 is 4.79 Å². The van der Waals surface area contributed by atoms with Crippen LogP contribution in [0.25, 0.3) is 0 Å². The molecule has 5 heteroatoms. The highest BCUT2D eigenvalue weighted by Gasteiger charge is 2.33. The van der Waals surface area contributed by atoms with E-state index >= 15 is 0 Å². The highest BCUT2D eigenvalue weighted by atomic mass is 32.2. The Bertz CT molecular complexity index is 340. The Morgan fingerprint density at radius 1 is 1.42 bits per heavy atom. The first kappa shape index (κ1) is 14.9. The Labute approximate surface area is 120 Å². The van der Waals surface area contributed by atoms with Gasteiger partial charge in [-0.15, -0.1) is 0 Å². The van der Waals surface area contributed by atoms with Crippen molar-refractivity contribution in [1.29, 1.82) is 0 Å². The van der Waals surface area contributed by atoms with Gasteiger partial charge in [-0.25, -0.2) is 0 Å². The molecule has 4 nitrogen and oxygen atoms in total. The summed E-state index contributed by atoms with van der Waals surface area (Å²) in [6.07, 6.45) is 4.61. The topological polar surface area (TPSA) is 44.7 Å². The minimum atomic E-state index is 0.0510.